The molecule has 2 aromatic carbocycles. The molecule has 3 heterocycles. The van der Waals surface area contributed by atoms with Gasteiger partial charge in [0.2, 0.25) is 6.10 Å². The molecule has 4 aromatic rings. The monoisotopic (exact) mass is 445 g/mol. The van der Waals surface area contributed by atoms with Crippen molar-refractivity contribution < 1.29 is 14.3 Å². The molecule has 162 valence electrons. The zero-order chi connectivity index (χ0) is 22.1. The van der Waals surface area contributed by atoms with Crippen LogP contribution in [0.4, 0.5) is 5.13 Å². The molecule has 0 saturated heterocycles. The lowest BCUT2D eigenvalue weighted by Crippen LogP contribution is -2.50. The van der Waals surface area contributed by atoms with Crippen molar-refractivity contribution >= 4 is 32.6 Å². The van der Waals surface area contributed by atoms with Gasteiger partial charge in [-0.1, -0.05) is 48.6 Å². The van der Waals surface area contributed by atoms with E-state index in [4.69, 9.17) is 14.5 Å². The van der Waals surface area contributed by atoms with Gasteiger partial charge in [0.1, 0.15) is 6.10 Å². The van der Waals surface area contributed by atoms with Gasteiger partial charge in [-0.05, 0) is 49.2 Å². The summed E-state index contributed by atoms with van der Waals surface area (Å²) < 4.78 is 13.2. The molecule has 1 aliphatic rings. The smallest absolute Gasteiger partial charge is 0.274 e. The Morgan fingerprint density at radius 2 is 1.81 bits per heavy atom. The molecule has 2 unspecified atom stereocenters. The Hall–Kier alpha value is -3.45. The van der Waals surface area contributed by atoms with E-state index in [0.29, 0.717) is 23.2 Å². The average Bonchev–Trinajstić information content (AvgIpc) is 3.26. The van der Waals surface area contributed by atoms with Gasteiger partial charge in [-0.2, -0.15) is 0 Å². The molecule has 2 aromatic heterocycles. The van der Waals surface area contributed by atoms with Gasteiger partial charge in [0, 0.05) is 6.20 Å². The van der Waals surface area contributed by atoms with Crippen LogP contribution in [0.1, 0.15) is 25.1 Å². The van der Waals surface area contributed by atoms with Crippen LogP contribution >= 0.6 is 11.3 Å². The fourth-order valence-corrected chi connectivity index (χ4v) is 4.85. The van der Waals surface area contributed by atoms with E-state index in [2.05, 4.69) is 18.0 Å². The van der Waals surface area contributed by atoms with Crippen LogP contribution in [0, 0.1) is 0 Å². The van der Waals surface area contributed by atoms with Crippen LogP contribution in [0.25, 0.3) is 10.2 Å². The van der Waals surface area contributed by atoms with Crippen LogP contribution in [0.2, 0.25) is 0 Å². The first-order chi connectivity index (χ1) is 15.6. The van der Waals surface area contributed by atoms with E-state index in [9.17, 15) is 4.79 Å². The molecule has 32 heavy (non-hydrogen) atoms. The first kappa shape index (κ1) is 20.5. The number of nitrogens with zero attached hydrogens (tertiary/aromatic N) is 3. The lowest BCUT2D eigenvalue weighted by atomic mass is 10.1. The normalized spacial score (nSPS) is 17.3. The van der Waals surface area contributed by atoms with E-state index in [0.717, 1.165) is 27.9 Å². The highest BCUT2D eigenvalue weighted by atomic mass is 32.1. The van der Waals surface area contributed by atoms with Crippen molar-refractivity contribution in [1.29, 1.82) is 0 Å². The lowest BCUT2D eigenvalue weighted by molar-refractivity contribution is -0.130. The Labute approximate surface area is 190 Å². The number of hydrogen-bond acceptors (Lipinski definition) is 6. The molecular formula is C25H23N3O3S. The predicted molar refractivity (Wildman–Crippen MR) is 125 cm³/mol. The number of carbonyl (C=O) groups excluding carboxylic acids is 1. The SMILES string of the molecule is CCc1cccc2sc(N(Cc3ccccn3)C(=O)C3Oc4ccccc4OC3C)nc12. The second-order valence-electron chi connectivity index (χ2n) is 7.67. The molecule has 1 aliphatic heterocycles. The first-order valence-corrected chi connectivity index (χ1v) is 11.5. The zero-order valence-electron chi connectivity index (χ0n) is 17.9. The van der Waals surface area contributed by atoms with Crippen molar-refractivity contribution in [2.75, 3.05) is 4.90 Å². The molecule has 2 atom stereocenters. The van der Waals surface area contributed by atoms with Crippen molar-refractivity contribution in [2.45, 2.75) is 39.0 Å². The Morgan fingerprint density at radius 1 is 1.03 bits per heavy atom. The van der Waals surface area contributed by atoms with Crippen LogP contribution in [0.5, 0.6) is 11.5 Å². The number of benzene rings is 2. The van der Waals surface area contributed by atoms with Gasteiger partial charge in [0.05, 0.1) is 22.5 Å². The number of aryl methyl sites for hydroxylation is 1. The molecule has 0 fully saturated rings. The van der Waals surface area contributed by atoms with E-state index in [-0.39, 0.29) is 5.91 Å². The van der Waals surface area contributed by atoms with Gasteiger partial charge < -0.3 is 9.47 Å². The van der Waals surface area contributed by atoms with Gasteiger partial charge in [-0.15, -0.1) is 0 Å². The highest BCUT2D eigenvalue weighted by molar-refractivity contribution is 7.22. The van der Waals surface area contributed by atoms with E-state index < -0.39 is 12.2 Å². The second kappa shape index (κ2) is 8.59. The fraction of sp³-hybridized carbons (Fsp3) is 0.240. The van der Waals surface area contributed by atoms with Gasteiger partial charge in [-0.3, -0.25) is 14.7 Å². The quantitative estimate of drug-likeness (QED) is 0.432. The zero-order valence-corrected chi connectivity index (χ0v) is 18.7. The summed E-state index contributed by atoms with van der Waals surface area (Å²) in [6.07, 6.45) is 1.38. The maximum absolute atomic E-state index is 13.8. The van der Waals surface area contributed by atoms with Crippen LogP contribution in [-0.2, 0) is 17.8 Å². The Morgan fingerprint density at radius 3 is 2.56 bits per heavy atom. The third kappa shape index (κ3) is 3.80. The second-order valence-corrected chi connectivity index (χ2v) is 8.68. The number of ether oxygens (including phenoxy) is 2. The van der Waals surface area contributed by atoms with Crippen LogP contribution in [0.15, 0.2) is 66.9 Å². The number of aromatic nitrogens is 2. The third-order valence-electron chi connectivity index (χ3n) is 5.50. The Bertz CT molecular complexity index is 1260. The van der Waals surface area contributed by atoms with E-state index in [1.807, 2.05) is 61.5 Å². The van der Waals surface area contributed by atoms with Gasteiger partial charge in [-0.25, -0.2) is 4.98 Å². The summed E-state index contributed by atoms with van der Waals surface area (Å²) in [5.41, 5.74) is 2.88. The van der Waals surface area contributed by atoms with Crippen molar-refractivity contribution in [3.63, 3.8) is 0 Å². The Balaban J connectivity index is 1.54. The number of rotatable bonds is 5. The maximum atomic E-state index is 13.8. The fourth-order valence-electron chi connectivity index (χ4n) is 3.83. The minimum atomic E-state index is -0.786. The summed E-state index contributed by atoms with van der Waals surface area (Å²) in [6, 6.07) is 19.2. The van der Waals surface area contributed by atoms with Gasteiger partial charge >= 0.3 is 0 Å². The van der Waals surface area contributed by atoms with Crippen LogP contribution < -0.4 is 14.4 Å². The largest absolute Gasteiger partial charge is 0.482 e. The summed E-state index contributed by atoms with van der Waals surface area (Å²) in [4.78, 5) is 24.8. The summed E-state index contributed by atoms with van der Waals surface area (Å²) in [6.45, 7) is 4.26. The lowest BCUT2D eigenvalue weighted by Gasteiger charge is -2.33. The number of fused-ring (bicyclic) bond motifs is 2. The Kier molecular flexibility index (Phi) is 5.49. The summed E-state index contributed by atoms with van der Waals surface area (Å²) in [5.74, 6) is 1.02. The summed E-state index contributed by atoms with van der Waals surface area (Å²) >= 11 is 1.50. The number of hydrogen-bond donors (Lipinski definition) is 0. The standard InChI is InChI=1S/C25H23N3O3S/c1-3-17-9-8-13-21-22(17)27-25(32-21)28(15-18-10-6-7-14-26-18)24(29)23-16(2)30-19-11-4-5-12-20(19)31-23/h4-14,16,23H,3,15H2,1-2H3. The number of thiazole rings is 1. The summed E-state index contributed by atoms with van der Waals surface area (Å²) in [5, 5.41) is 0.631. The average molecular weight is 446 g/mol. The van der Waals surface area contributed by atoms with Crippen molar-refractivity contribution in [1.82, 2.24) is 9.97 Å². The number of amides is 1. The molecule has 7 heteroatoms. The molecule has 0 spiro atoms. The van der Waals surface area contributed by atoms with Gasteiger partial charge in [0.15, 0.2) is 16.6 Å². The minimum absolute atomic E-state index is 0.199. The molecule has 0 radical (unpaired) electrons. The van der Waals surface area contributed by atoms with E-state index >= 15 is 0 Å². The number of pyridine rings is 1. The molecule has 0 aliphatic carbocycles. The van der Waals surface area contributed by atoms with Crippen LogP contribution in [-0.4, -0.2) is 28.1 Å². The van der Waals surface area contributed by atoms with E-state index in [1.54, 1.807) is 11.1 Å². The molecule has 0 saturated carbocycles. The highest BCUT2D eigenvalue weighted by Crippen LogP contribution is 2.36. The number of para-hydroxylation sites is 3. The molecule has 5 rings (SSSR count). The molecular weight excluding hydrogens is 422 g/mol. The van der Waals surface area contributed by atoms with Crippen LogP contribution in [0.3, 0.4) is 0 Å². The predicted octanol–water partition coefficient (Wildman–Crippen LogP) is 5.02. The van der Waals surface area contributed by atoms with Crippen molar-refractivity contribution in [3.8, 4) is 11.5 Å². The van der Waals surface area contributed by atoms with Crippen molar-refractivity contribution in [3.05, 3.63) is 78.1 Å². The van der Waals surface area contributed by atoms with Crippen molar-refractivity contribution in [2.24, 2.45) is 0 Å². The first-order valence-electron chi connectivity index (χ1n) is 10.7. The number of carbonyl (C=O) groups is 1. The highest BCUT2D eigenvalue weighted by Gasteiger charge is 2.38. The van der Waals surface area contributed by atoms with Gasteiger partial charge in [0.25, 0.3) is 5.91 Å². The topological polar surface area (TPSA) is 64.6 Å². The number of anilines is 1. The summed E-state index contributed by atoms with van der Waals surface area (Å²) in [7, 11) is 0. The molecule has 0 bridgehead atoms. The molecule has 0 N–H and O–H groups in total. The maximum Gasteiger partial charge on any atom is 0.274 e. The molecule has 1 amide bonds. The van der Waals surface area contributed by atoms with E-state index in [1.165, 1.54) is 11.3 Å². The minimum Gasteiger partial charge on any atom is -0.482 e. The molecule has 6 nitrogen and oxygen atoms in total. The third-order valence-corrected chi connectivity index (χ3v) is 6.54.